The number of ether oxygens (including phenoxy) is 2. The number of amidine groups is 1. The number of thioether (sulfide) groups is 1. The van der Waals surface area contributed by atoms with Gasteiger partial charge in [-0.3, -0.25) is 19.8 Å². The van der Waals surface area contributed by atoms with Crippen LogP contribution in [0.5, 0.6) is 11.5 Å². The minimum absolute atomic E-state index is 0.0722. The molecule has 31 heavy (non-hydrogen) atoms. The number of carbonyl (C=O) groups excluding carboxylic acids is 1. The van der Waals surface area contributed by atoms with Crippen molar-refractivity contribution in [1.82, 2.24) is 4.90 Å². The molecule has 0 bridgehead atoms. The molecular weight excluding hydrogens is 426 g/mol. The van der Waals surface area contributed by atoms with Crippen molar-refractivity contribution >= 4 is 46.3 Å². The molecule has 2 aromatic carbocycles. The molecule has 160 valence electrons. The number of nitro groups is 1. The van der Waals surface area contributed by atoms with Gasteiger partial charge >= 0.3 is 5.97 Å². The molecule has 1 aliphatic heterocycles. The first-order chi connectivity index (χ1) is 14.7. The van der Waals surface area contributed by atoms with E-state index in [9.17, 15) is 19.7 Å². The molecule has 2 aromatic rings. The van der Waals surface area contributed by atoms with Crippen LogP contribution in [0.1, 0.15) is 15.9 Å². The number of rotatable bonds is 6. The third-order valence-corrected chi connectivity index (χ3v) is 5.37. The minimum atomic E-state index is -1.09. The minimum Gasteiger partial charge on any atom is -0.493 e. The molecule has 0 aliphatic carbocycles. The predicted octanol–water partition coefficient (Wildman–Crippen LogP) is 3.54. The zero-order valence-electron chi connectivity index (χ0n) is 16.7. The van der Waals surface area contributed by atoms with Gasteiger partial charge in [0, 0.05) is 18.7 Å². The molecule has 1 aliphatic rings. The summed E-state index contributed by atoms with van der Waals surface area (Å²) in [6.45, 7) is 0. The fraction of sp³-hybridized carbons (Fsp3) is 0.150. The highest BCUT2D eigenvalue weighted by Gasteiger charge is 2.31. The number of nitro benzene ring substituents is 1. The zero-order valence-corrected chi connectivity index (χ0v) is 17.5. The van der Waals surface area contributed by atoms with Gasteiger partial charge in [-0.05, 0) is 36.0 Å². The first-order valence-corrected chi connectivity index (χ1v) is 9.57. The molecule has 0 radical (unpaired) electrons. The van der Waals surface area contributed by atoms with Crippen LogP contribution >= 0.6 is 11.8 Å². The number of hydrogen-bond donors (Lipinski definition) is 1. The molecule has 0 atom stereocenters. The van der Waals surface area contributed by atoms with Crippen LogP contribution in [0.4, 0.5) is 11.4 Å². The summed E-state index contributed by atoms with van der Waals surface area (Å²) in [6, 6.07) is 8.53. The topological polar surface area (TPSA) is 132 Å². The van der Waals surface area contributed by atoms with Crippen LogP contribution in [-0.2, 0) is 4.79 Å². The summed E-state index contributed by atoms with van der Waals surface area (Å²) in [4.78, 5) is 40.5. The van der Waals surface area contributed by atoms with Crippen molar-refractivity contribution in [2.24, 2.45) is 4.99 Å². The van der Waals surface area contributed by atoms with Crippen molar-refractivity contribution in [2.45, 2.75) is 0 Å². The Bertz CT molecular complexity index is 1140. The van der Waals surface area contributed by atoms with Crippen molar-refractivity contribution in [3.8, 4) is 11.5 Å². The van der Waals surface area contributed by atoms with E-state index in [0.717, 1.165) is 11.8 Å². The molecule has 1 saturated heterocycles. The lowest BCUT2D eigenvalue weighted by Crippen LogP contribution is -2.23. The van der Waals surface area contributed by atoms with Gasteiger partial charge in [-0.25, -0.2) is 9.79 Å². The second kappa shape index (κ2) is 8.88. The lowest BCUT2D eigenvalue weighted by Gasteiger charge is -2.10. The van der Waals surface area contributed by atoms with Crippen molar-refractivity contribution in [1.29, 1.82) is 0 Å². The van der Waals surface area contributed by atoms with E-state index in [1.165, 1.54) is 56.5 Å². The molecule has 1 N–H and O–H groups in total. The fourth-order valence-corrected chi connectivity index (χ4v) is 3.78. The Balaban J connectivity index is 2.02. The van der Waals surface area contributed by atoms with Gasteiger partial charge in [-0.15, -0.1) is 0 Å². The Kier molecular flexibility index (Phi) is 6.25. The van der Waals surface area contributed by atoms with Crippen LogP contribution in [0.2, 0.25) is 0 Å². The first kappa shape index (κ1) is 21.8. The average Bonchev–Trinajstić information content (AvgIpc) is 3.00. The predicted molar refractivity (Wildman–Crippen MR) is 115 cm³/mol. The Hall–Kier alpha value is -3.86. The smallest absolute Gasteiger partial charge is 0.335 e. The van der Waals surface area contributed by atoms with Gasteiger partial charge in [0.25, 0.3) is 11.6 Å². The highest BCUT2D eigenvalue weighted by Crippen LogP contribution is 2.40. The fourth-order valence-electron chi connectivity index (χ4n) is 2.80. The Labute approximate surface area is 180 Å². The molecule has 10 nitrogen and oxygen atoms in total. The van der Waals surface area contributed by atoms with Gasteiger partial charge in [-0.2, -0.15) is 0 Å². The Morgan fingerprint density at radius 2 is 2.00 bits per heavy atom. The highest BCUT2D eigenvalue weighted by atomic mass is 32.2. The van der Waals surface area contributed by atoms with Gasteiger partial charge in [-0.1, -0.05) is 6.07 Å². The number of likely N-dealkylation sites (N-methyl/N-ethyl adjacent to an activating group) is 1. The van der Waals surface area contributed by atoms with Crippen LogP contribution in [0.3, 0.4) is 0 Å². The summed E-state index contributed by atoms with van der Waals surface area (Å²) in [5, 5.41) is 20.7. The maximum Gasteiger partial charge on any atom is 0.335 e. The number of carbonyl (C=O) groups is 2. The summed E-state index contributed by atoms with van der Waals surface area (Å²) in [5.74, 6) is -1.05. The molecule has 0 spiro atoms. The number of amides is 1. The number of nitrogens with zero attached hydrogens (tertiary/aromatic N) is 3. The normalized spacial score (nSPS) is 16.1. The van der Waals surface area contributed by atoms with Crippen LogP contribution < -0.4 is 9.47 Å². The van der Waals surface area contributed by atoms with E-state index in [0.29, 0.717) is 16.4 Å². The number of non-ortho nitro benzene ring substituents is 1. The van der Waals surface area contributed by atoms with Crippen LogP contribution in [0, 0.1) is 10.1 Å². The number of carboxylic acids is 1. The largest absolute Gasteiger partial charge is 0.493 e. The van der Waals surface area contributed by atoms with E-state index < -0.39 is 10.9 Å². The van der Waals surface area contributed by atoms with Crippen LogP contribution in [0.15, 0.2) is 46.3 Å². The SMILES string of the molecule is COc1cc([N+](=O)[O-])cc(/C=C2/SC(=Nc3cccc(C(=O)O)c3)N(C)C2=O)c1OC. The third kappa shape index (κ3) is 4.51. The molecule has 3 rings (SSSR count). The Morgan fingerprint density at radius 3 is 2.61 bits per heavy atom. The van der Waals surface area contributed by atoms with Crippen molar-refractivity contribution in [3.63, 3.8) is 0 Å². The van der Waals surface area contributed by atoms with E-state index in [4.69, 9.17) is 14.6 Å². The van der Waals surface area contributed by atoms with E-state index in [2.05, 4.69) is 4.99 Å². The van der Waals surface area contributed by atoms with E-state index >= 15 is 0 Å². The highest BCUT2D eigenvalue weighted by molar-refractivity contribution is 8.18. The summed E-state index contributed by atoms with van der Waals surface area (Å²) in [5.41, 5.74) is 0.528. The molecule has 1 fully saturated rings. The summed E-state index contributed by atoms with van der Waals surface area (Å²) in [6.07, 6.45) is 1.47. The van der Waals surface area contributed by atoms with Gasteiger partial charge < -0.3 is 14.6 Å². The maximum atomic E-state index is 12.7. The van der Waals surface area contributed by atoms with Gasteiger partial charge in [0.15, 0.2) is 16.7 Å². The number of hydrogen-bond acceptors (Lipinski definition) is 8. The summed E-state index contributed by atoms with van der Waals surface area (Å²) in [7, 11) is 4.28. The van der Waals surface area contributed by atoms with E-state index in [-0.39, 0.29) is 33.6 Å². The summed E-state index contributed by atoms with van der Waals surface area (Å²) >= 11 is 1.05. The average molecular weight is 443 g/mol. The monoisotopic (exact) mass is 443 g/mol. The van der Waals surface area contributed by atoms with Crippen molar-refractivity contribution in [3.05, 3.63) is 62.5 Å². The lowest BCUT2D eigenvalue weighted by molar-refractivity contribution is -0.385. The molecule has 11 heteroatoms. The standard InChI is InChI=1S/C20H17N3O7S/c1-22-18(24)16(31-20(22)21-13-6-4-5-11(7-13)19(25)26)9-12-8-14(23(27)28)10-15(29-2)17(12)30-3/h4-10H,1-3H3,(H,25,26)/b16-9+,21-20?. The van der Waals surface area contributed by atoms with Crippen LogP contribution in [-0.4, -0.2) is 53.2 Å². The first-order valence-electron chi connectivity index (χ1n) is 8.75. The van der Waals surface area contributed by atoms with Gasteiger partial charge in [0.05, 0.1) is 41.4 Å². The maximum absolute atomic E-state index is 12.7. The Morgan fingerprint density at radius 1 is 1.26 bits per heavy atom. The van der Waals surface area contributed by atoms with E-state index in [1.54, 1.807) is 12.1 Å². The lowest BCUT2D eigenvalue weighted by atomic mass is 10.1. The molecule has 0 aromatic heterocycles. The molecule has 1 heterocycles. The van der Waals surface area contributed by atoms with Gasteiger partial charge in [0.1, 0.15) is 0 Å². The zero-order chi connectivity index (χ0) is 22.7. The molecular formula is C20H17N3O7S. The second-order valence-electron chi connectivity index (χ2n) is 6.25. The molecule has 0 saturated carbocycles. The van der Waals surface area contributed by atoms with Crippen LogP contribution in [0.25, 0.3) is 6.08 Å². The van der Waals surface area contributed by atoms with Crippen molar-refractivity contribution in [2.75, 3.05) is 21.3 Å². The van der Waals surface area contributed by atoms with Gasteiger partial charge in [0.2, 0.25) is 0 Å². The molecule has 0 unspecified atom stereocenters. The third-order valence-electron chi connectivity index (χ3n) is 4.31. The summed E-state index contributed by atoms with van der Waals surface area (Å²) < 4.78 is 10.5. The van der Waals surface area contributed by atoms with Crippen molar-refractivity contribution < 1.29 is 29.1 Å². The number of carboxylic acid groups (broad SMARTS) is 1. The number of methoxy groups -OCH3 is 2. The number of benzene rings is 2. The number of aliphatic imine (C=N–C) groups is 1. The quantitative estimate of drug-likeness (QED) is 0.407. The van der Waals surface area contributed by atoms with E-state index in [1.807, 2.05) is 0 Å². The second-order valence-corrected chi connectivity index (χ2v) is 7.26. The molecule has 1 amide bonds. The number of aromatic carboxylic acids is 1.